The molecule has 0 saturated heterocycles. The number of amides is 1. The summed E-state index contributed by atoms with van der Waals surface area (Å²) in [6.07, 6.45) is 20.2. The molecule has 1 amide bonds. The van der Waals surface area contributed by atoms with Gasteiger partial charge in [-0.15, -0.1) is 0 Å². The van der Waals surface area contributed by atoms with Gasteiger partial charge in [0, 0.05) is 11.4 Å². The van der Waals surface area contributed by atoms with E-state index in [-0.39, 0.29) is 10.6 Å². The number of ether oxygens (including phenoxy) is 1. The van der Waals surface area contributed by atoms with Gasteiger partial charge in [-0.05, 0) is 55.0 Å². The summed E-state index contributed by atoms with van der Waals surface area (Å²) < 4.78 is 32.7. The zero-order chi connectivity index (χ0) is 28.2. The fourth-order valence-electron chi connectivity index (χ4n) is 4.43. The predicted molar refractivity (Wildman–Crippen MR) is 160 cm³/mol. The summed E-state index contributed by atoms with van der Waals surface area (Å²) in [5.74, 6) is 0.0510. The monoisotopic (exact) mass is 560 g/mol. The first-order valence-corrected chi connectivity index (χ1v) is 16.2. The maximum Gasteiger partial charge on any atom is 0.411 e. The SMILES string of the molecule is CCCCCCCCCCCCCCCCCCOC(=O)Nc1ccc(S(=O)(=O)Nc2ccc(O)cc2)cc1. The molecule has 0 saturated carbocycles. The molecule has 0 fully saturated rings. The minimum absolute atomic E-state index is 0.0510. The van der Waals surface area contributed by atoms with Crippen molar-refractivity contribution in [2.24, 2.45) is 0 Å². The van der Waals surface area contributed by atoms with E-state index in [0.717, 1.165) is 19.3 Å². The average molecular weight is 561 g/mol. The van der Waals surface area contributed by atoms with Gasteiger partial charge >= 0.3 is 6.09 Å². The molecule has 0 aliphatic carbocycles. The van der Waals surface area contributed by atoms with Crippen molar-refractivity contribution in [3.05, 3.63) is 48.5 Å². The molecular weight excluding hydrogens is 512 g/mol. The molecule has 3 N–H and O–H groups in total. The van der Waals surface area contributed by atoms with Crippen molar-refractivity contribution in [2.75, 3.05) is 16.6 Å². The van der Waals surface area contributed by atoms with Crippen LogP contribution < -0.4 is 10.0 Å². The van der Waals surface area contributed by atoms with Gasteiger partial charge in [0.15, 0.2) is 0 Å². The smallest absolute Gasteiger partial charge is 0.411 e. The Morgan fingerprint density at radius 1 is 0.667 bits per heavy atom. The van der Waals surface area contributed by atoms with Gasteiger partial charge < -0.3 is 9.84 Å². The predicted octanol–water partition coefficient (Wildman–Crippen LogP) is 9.00. The Balaban J connectivity index is 1.47. The van der Waals surface area contributed by atoms with Crippen molar-refractivity contribution in [2.45, 2.75) is 115 Å². The fourth-order valence-corrected chi connectivity index (χ4v) is 5.49. The van der Waals surface area contributed by atoms with Crippen LogP contribution in [0.1, 0.15) is 110 Å². The number of phenols is 1. The first-order chi connectivity index (χ1) is 18.9. The number of hydrogen-bond acceptors (Lipinski definition) is 5. The first kappa shape index (κ1) is 32.5. The van der Waals surface area contributed by atoms with Crippen molar-refractivity contribution in [3.63, 3.8) is 0 Å². The number of anilines is 2. The zero-order valence-corrected chi connectivity index (χ0v) is 24.4. The lowest BCUT2D eigenvalue weighted by molar-refractivity contribution is 0.159. The van der Waals surface area contributed by atoms with Crippen LogP contribution in [0.15, 0.2) is 53.4 Å². The van der Waals surface area contributed by atoms with Crippen molar-refractivity contribution in [1.29, 1.82) is 0 Å². The van der Waals surface area contributed by atoms with Gasteiger partial charge in [0.05, 0.1) is 11.5 Å². The molecule has 218 valence electrons. The summed E-state index contributed by atoms with van der Waals surface area (Å²) >= 11 is 0. The van der Waals surface area contributed by atoms with E-state index in [1.165, 1.54) is 132 Å². The van der Waals surface area contributed by atoms with E-state index in [2.05, 4.69) is 17.0 Å². The lowest BCUT2D eigenvalue weighted by Gasteiger charge is -2.10. The molecule has 2 aromatic rings. The second kappa shape index (κ2) is 19.3. The van der Waals surface area contributed by atoms with Crippen LogP contribution in [0.25, 0.3) is 0 Å². The van der Waals surface area contributed by atoms with Gasteiger partial charge in [-0.25, -0.2) is 13.2 Å². The molecule has 0 atom stereocenters. The quantitative estimate of drug-likeness (QED) is 0.104. The minimum Gasteiger partial charge on any atom is -0.508 e. The zero-order valence-electron chi connectivity index (χ0n) is 23.6. The molecule has 0 bridgehead atoms. The second-order valence-electron chi connectivity index (χ2n) is 10.2. The number of benzene rings is 2. The summed E-state index contributed by atoms with van der Waals surface area (Å²) in [6.45, 7) is 2.63. The molecule has 2 aromatic carbocycles. The van der Waals surface area contributed by atoms with Gasteiger partial charge in [0.2, 0.25) is 0 Å². The average Bonchev–Trinajstić information content (AvgIpc) is 2.92. The highest BCUT2D eigenvalue weighted by Crippen LogP contribution is 2.20. The number of sulfonamides is 1. The van der Waals surface area contributed by atoms with Crippen LogP contribution in [-0.4, -0.2) is 26.2 Å². The highest BCUT2D eigenvalue weighted by molar-refractivity contribution is 7.92. The van der Waals surface area contributed by atoms with Crippen molar-refractivity contribution >= 4 is 27.5 Å². The Hall–Kier alpha value is -2.74. The minimum atomic E-state index is -3.79. The highest BCUT2D eigenvalue weighted by atomic mass is 32.2. The third-order valence-electron chi connectivity index (χ3n) is 6.76. The van der Waals surface area contributed by atoms with Crippen LogP contribution in [0.2, 0.25) is 0 Å². The van der Waals surface area contributed by atoms with Gasteiger partial charge in [-0.2, -0.15) is 0 Å². The maximum absolute atomic E-state index is 12.5. The number of unbranched alkanes of at least 4 members (excludes halogenated alkanes) is 15. The summed E-state index contributed by atoms with van der Waals surface area (Å²) in [7, 11) is -3.79. The van der Waals surface area contributed by atoms with E-state index in [4.69, 9.17) is 4.74 Å². The van der Waals surface area contributed by atoms with Gasteiger partial charge in [0.25, 0.3) is 10.0 Å². The lowest BCUT2D eigenvalue weighted by Crippen LogP contribution is -2.15. The second-order valence-corrected chi connectivity index (χ2v) is 11.9. The van der Waals surface area contributed by atoms with Crippen LogP contribution in [0.4, 0.5) is 16.2 Å². The number of hydrogen-bond donors (Lipinski definition) is 3. The molecule has 0 aliphatic rings. The van der Waals surface area contributed by atoms with Crippen molar-refractivity contribution < 1.29 is 23.1 Å². The Bertz CT molecular complexity index is 1020. The topological polar surface area (TPSA) is 105 Å². The van der Waals surface area contributed by atoms with Gasteiger partial charge in [-0.3, -0.25) is 10.0 Å². The van der Waals surface area contributed by atoms with Crippen LogP contribution in [0, 0.1) is 0 Å². The van der Waals surface area contributed by atoms with Crippen LogP contribution >= 0.6 is 0 Å². The van der Waals surface area contributed by atoms with Crippen LogP contribution in [-0.2, 0) is 14.8 Å². The highest BCUT2D eigenvalue weighted by Gasteiger charge is 2.14. The Morgan fingerprint density at radius 3 is 1.59 bits per heavy atom. The fraction of sp³-hybridized carbons (Fsp3) is 0.581. The summed E-state index contributed by atoms with van der Waals surface area (Å²) in [5.41, 5.74) is 0.795. The third kappa shape index (κ3) is 14.8. The van der Waals surface area contributed by atoms with E-state index >= 15 is 0 Å². The number of aromatic hydroxyl groups is 1. The Labute approximate surface area is 235 Å². The largest absolute Gasteiger partial charge is 0.508 e. The third-order valence-corrected chi connectivity index (χ3v) is 8.16. The summed E-state index contributed by atoms with van der Waals surface area (Å²) in [4.78, 5) is 12.1. The van der Waals surface area contributed by atoms with Crippen LogP contribution in [0.3, 0.4) is 0 Å². The summed E-state index contributed by atoms with van der Waals surface area (Å²) in [6, 6.07) is 11.6. The number of nitrogens with one attached hydrogen (secondary N) is 2. The molecule has 7 nitrogen and oxygen atoms in total. The van der Waals surface area contributed by atoms with E-state index in [1.807, 2.05) is 0 Å². The van der Waals surface area contributed by atoms with Gasteiger partial charge in [0.1, 0.15) is 5.75 Å². The molecule has 39 heavy (non-hydrogen) atoms. The number of rotatable bonds is 21. The molecule has 8 heteroatoms. The Kier molecular flexibility index (Phi) is 16.1. The first-order valence-electron chi connectivity index (χ1n) is 14.8. The van der Waals surface area contributed by atoms with E-state index < -0.39 is 16.1 Å². The molecular formula is C31H48N2O5S. The maximum atomic E-state index is 12.5. The van der Waals surface area contributed by atoms with Crippen molar-refractivity contribution in [1.82, 2.24) is 0 Å². The van der Waals surface area contributed by atoms with E-state index in [0.29, 0.717) is 18.0 Å². The standard InChI is InChI=1S/C31H48N2O5S/c1-2-3-4-5-6-7-8-9-10-11-12-13-14-15-16-17-26-38-31(35)32-27-20-24-30(25-21-27)39(36,37)33-28-18-22-29(34)23-19-28/h18-25,33-34H,2-17,26H2,1H3,(H,32,35). The van der Waals surface area contributed by atoms with Gasteiger partial charge in [-0.1, -0.05) is 103 Å². The number of carbonyl (C=O) groups is 1. The molecule has 0 heterocycles. The van der Waals surface area contributed by atoms with E-state index in [1.54, 1.807) is 0 Å². The molecule has 0 aliphatic heterocycles. The molecule has 0 aromatic heterocycles. The molecule has 0 spiro atoms. The Morgan fingerprint density at radius 2 is 1.10 bits per heavy atom. The lowest BCUT2D eigenvalue weighted by atomic mass is 10.0. The summed E-state index contributed by atoms with van der Waals surface area (Å²) in [5, 5.41) is 12.0. The van der Waals surface area contributed by atoms with Crippen LogP contribution in [0.5, 0.6) is 5.75 Å². The molecule has 0 radical (unpaired) electrons. The van der Waals surface area contributed by atoms with Crippen molar-refractivity contribution in [3.8, 4) is 5.75 Å². The van der Waals surface area contributed by atoms with E-state index in [9.17, 15) is 18.3 Å². The number of carbonyl (C=O) groups excluding carboxylic acids is 1. The molecule has 2 rings (SSSR count). The molecule has 0 unspecified atom stereocenters. The normalized spacial score (nSPS) is 11.3. The number of phenolic OH excluding ortho intramolecular Hbond substituents is 1.